The van der Waals surface area contributed by atoms with E-state index in [2.05, 4.69) is 13.0 Å². The number of halogens is 1. The van der Waals surface area contributed by atoms with Gasteiger partial charge in [-0.2, -0.15) is 0 Å². The van der Waals surface area contributed by atoms with Gasteiger partial charge in [-0.05, 0) is 43.4 Å². The summed E-state index contributed by atoms with van der Waals surface area (Å²) in [6.45, 7) is 2.25. The molecular formula is C17H17FO. The zero-order chi connectivity index (χ0) is 13.3. The first-order chi connectivity index (χ1) is 9.07. The van der Waals surface area contributed by atoms with Crippen molar-refractivity contribution in [1.29, 1.82) is 0 Å². The Hall–Kier alpha value is -1.44. The summed E-state index contributed by atoms with van der Waals surface area (Å²) in [7, 11) is 0. The third-order valence-corrected chi connectivity index (χ3v) is 5.58. The maximum atomic E-state index is 13.4. The Bertz CT molecular complexity index is 630. The molecule has 0 heterocycles. The Morgan fingerprint density at radius 1 is 1.32 bits per heavy atom. The number of Topliss-reactive ketones (excluding diaryl/α,β-unsaturated/α-hetero) is 1. The van der Waals surface area contributed by atoms with Crippen molar-refractivity contribution in [3.63, 3.8) is 0 Å². The number of hydrogen-bond acceptors (Lipinski definition) is 1. The molecule has 98 valence electrons. The van der Waals surface area contributed by atoms with Crippen molar-refractivity contribution in [2.75, 3.05) is 0 Å². The standard InChI is InChI=1S/C17H17FO/c1-16-10-17(16,11-4-2-3-5-11)9-15(19)13-8-12(18)6-7-14(13)16/h4,6-8H,2-3,5,9-10H2,1H3. The van der Waals surface area contributed by atoms with E-state index in [-0.39, 0.29) is 22.4 Å². The summed E-state index contributed by atoms with van der Waals surface area (Å²) in [5.74, 6) is -0.179. The van der Waals surface area contributed by atoms with Crippen LogP contribution in [0.2, 0.25) is 0 Å². The Morgan fingerprint density at radius 2 is 2.16 bits per heavy atom. The lowest BCUT2D eigenvalue weighted by Crippen LogP contribution is -2.28. The van der Waals surface area contributed by atoms with Gasteiger partial charge in [-0.25, -0.2) is 4.39 Å². The van der Waals surface area contributed by atoms with E-state index in [4.69, 9.17) is 0 Å². The van der Waals surface area contributed by atoms with Crippen molar-refractivity contribution in [3.05, 3.63) is 46.8 Å². The normalized spacial score (nSPS) is 35.7. The molecule has 2 atom stereocenters. The van der Waals surface area contributed by atoms with Gasteiger partial charge in [-0.1, -0.05) is 24.6 Å². The van der Waals surface area contributed by atoms with Gasteiger partial charge in [0.05, 0.1) is 0 Å². The Morgan fingerprint density at radius 3 is 2.89 bits per heavy atom. The van der Waals surface area contributed by atoms with Crippen molar-refractivity contribution < 1.29 is 9.18 Å². The average Bonchev–Trinajstić information content (AvgIpc) is 2.79. The predicted octanol–water partition coefficient (Wildman–Crippen LogP) is 4.17. The van der Waals surface area contributed by atoms with Gasteiger partial charge >= 0.3 is 0 Å². The molecule has 1 fully saturated rings. The van der Waals surface area contributed by atoms with Crippen LogP contribution in [0, 0.1) is 11.2 Å². The molecule has 0 aliphatic heterocycles. The van der Waals surface area contributed by atoms with Gasteiger partial charge in [0.15, 0.2) is 5.78 Å². The molecule has 0 spiro atoms. The van der Waals surface area contributed by atoms with Gasteiger partial charge in [0.1, 0.15) is 5.82 Å². The number of benzene rings is 1. The van der Waals surface area contributed by atoms with Crippen molar-refractivity contribution in [3.8, 4) is 0 Å². The van der Waals surface area contributed by atoms with E-state index in [0.717, 1.165) is 24.8 Å². The van der Waals surface area contributed by atoms with Crippen molar-refractivity contribution in [1.82, 2.24) is 0 Å². The SMILES string of the molecule is CC12CC1(C1=CCCC1)CC(=O)c1cc(F)ccc12. The molecule has 1 saturated carbocycles. The molecule has 0 saturated heterocycles. The Labute approximate surface area is 112 Å². The lowest BCUT2D eigenvalue weighted by molar-refractivity contribution is 0.0943. The van der Waals surface area contributed by atoms with Crippen molar-refractivity contribution in [2.24, 2.45) is 5.41 Å². The van der Waals surface area contributed by atoms with Crippen LogP contribution in [0.3, 0.4) is 0 Å². The van der Waals surface area contributed by atoms with Crippen LogP contribution >= 0.6 is 0 Å². The van der Waals surface area contributed by atoms with E-state index in [1.807, 2.05) is 6.07 Å². The average molecular weight is 256 g/mol. The summed E-state index contributed by atoms with van der Waals surface area (Å²) in [5, 5.41) is 0. The third kappa shape index (κ3) is 1.27. The number of fused-ring (bicyclic) bond motifs is 3. The van der Waals surface area contributed by atoms with Gasteiger partial charge < -0.3 is 0 Å². The van der Waals surface area contributed by atoms with Gasteiger partial charge in [0.2, 0.25) is 0 Å². The van der Waals surface area contributed by atoms with E-state index in [0.29, 0.717) is 12.0 Å². The van der Waals surface area contributed by atoms with E-state index >= 15 is 0 Å². The lowest BCUT2D eigenvalue weighted by atomic mass is 9.72. The molecule has 1 aromatic carbocycles. The molecule has 19 heavy (non-hydrogen) atoms. The van der Waals surface area contributed by atoms with Crippen LogP contribution in [0.4, 0.5) is 4.39 Å². The van der Waals surface area contributed by atoms with Crippen molar-refractivity contribution in [2.45, 2.75) is 44.4 Å². The monoisotopic (exact) mass is 256 g/mol. The largest absolute Gasteiger partial charge is 0.294 e. The van der Waals surface area contributed by atoms with Gasteiger partial charge in [-0.15, -0.1) is 0 Å². The van der Waals surface area contributed by atoms with Gasteiger partial charge in [0.25, 0.3) is 0 Å². The molecule has 1 nitrogen and oxygen atoms in total. The van der Waals surface area contributed by atoms with Crippen LogP contribution in [-0.2, 0) is 5.41 Å². The summed E-state index contributed by atoms with van der Waals surface area (Å²) < 4.78 is 13.4. The minimum atomic E-state index is -0.302. The van der Waals surface area contributed by atoms with Crippen LogP contribution in [0.15, 0.2) is 29.8 Å². The zero-order valence-electron chi connectivity index (χ0n) is 11.1. The maximum absolute atomic E-state index is 13.4. The quantitative estimate of drug-likeness (QED) is 0.689. The molecule has 3 aliphatic rings. The summed E-state index contributed by atoms with van der Waals surface area (Å²) >= 11 is 0. The number of carbonyl (C=O) groups excluding carboxylic acids is 1. The fourth-order valence-corrected chi connectivity index (χ4v) is 4.45. The van der Waals surface area contributed by atoms with Crippen LogP contribution in [0.1, 0.15) is 54.9 Å². The van der Waals surface area contributed by atoms with Crippen LogP contribution in [-0.4, -0.2) is 5.78 Å². The molecule has 4 rings (SSSR count). The number of ketones is 1. The third-order valence-electron chi connectivity index (χ3n) is 5.58. The first-order valence-electron chi connectivity index (χ1n) is 7.10. The predicted molar refractivity (Wildman–Crippen MR) is 71.7 cm³/mol. The molecule has 3 aliphatic carbocycles. The number of carbonyl (C=O) groups is 1. The molecular weight excluding hydrogens is 239 g/mol. The van der Waals surface area contributed by atoms with Crippen LogP contribution in [0.25, 0.3) is 0 Å². The molecule has 1 aromatic rings. The summed E-state index contributed by atoms with van der Waals surface area (Å²) in [5.41, 5.74) is 3.29. The fourth-order valence-electron chi connectivity index (χ4n) is 4.45. The molecule has 2 unspecified atom stereocenters. The second-order valence-electron chi connectivity index (χ2n) is 6.50. The molecule has 0 radical (unpaired) electrons. The van der Waals surface area contributed by atoms with Gasteiger partial charge in [0, 0.05) is 22.8 Å². The Balaban J connectivity index is 1.87. The number of allylic oxidation sites excluding steroid dienone is 2. The second kappa shape index (κ2) is 3.36. The highest BCUT2D eigenvalue weighted by Crippen LogP contribution is 2.74. The highest BCUT2D eigenvalue weighted by molar-refractivity contribution is 6.01. The molecule has 0 aromatic heterocycles. The highest BCUT2D eigenvalue weighted by Gasteiger charge is 2.69. The molecule has 2 heteroatoms. The second-order valence-corrected chi connectivity index (χ2v) is 6.50. The first kappa shape index (κ1) is 11.4. The zero-order valence-corrected chi connectivity index (χ0v) is 11.1. The molecule has 0 N–H and O–H groups in total. The first-order valence-corrected chi connectivity index (χ1v) is 7.10. The van der Waals surface area contributed by atoms with Crippen molar-refractivity contribution >= 4 is 5.78 Å². The molecule has 0 amide bonds. The van der Waals surface area contributed by atoms with E-state index < -0.39 is 0 Å². The smallest absolute Gasteiger partial charge is 0.164 e. The fraction of sp³-hybridized carbons (Fsp3) is 0.471. The van der Waals surface area contributed by atoms with Crippen LogP contribution in [0.5, 0.6) is 0 Å². The minimum Gasteiger partial charge on any atom is -0.294 e. The maximum Gasteiger partial charge on any atom is 0.164 e. The van der Waals surface area contributed by atoms with E-state index in [9.17, 15) is 9.18 Å². The summed E-state index contributed by atoms with van der Waals surface area (Å²) in [6.07, 6.45) is 7.48. The van der Waals surface area contributed by atoms with Gasteiger partial charge in [-0.3, -0.25) is 4.79 Å². The summed E-state index contributed by atoms with van der Waals surface area (Å²) in [6, 6.07) is 4.75. The van der Waals surface area contributed by atoms with E-state index in [1.54, 1.807) is 0 Å². The highest BCUT2D eigenvalue weighted by atomic mass is 19.1. The molecule has 0 bridgehead atoms. The van der Waals surface area contributed by atoms with E-state index in [1.165, 1.54) is 24.1 Å². The topological polar surface area (TPSA) is 17.1 Å². The lowest BCUT2D eigenvalue weighted by Gasteiger charge is -2.30. The summed E-state index contributed by atoms with van der Waals surface area (Å²) in [4.78, 5) is 12.4. The number of rotatable bonds is 1. The van der Waals surface area contributed by atoms with Crippen LogP contribution < -0.4 is 0 Å². The minimum absolute atomic E-state index is 0.0557. The Kier molecular flexibility index (Phi) is 2.01. The number of hydrogen-bond donors (Lipinski definition) is 0.